The summed E-state index contributed by atoms with van der Waals surface area (Å²) in [7, 11) is 0. The molecule has 1 unspecified atom stereocenters. The minimum Gasteiger partial charge on any atom is -0.374 e. The second kappa shape index (κ2) is 1.94. The van der Waals surface area contributed by atoms with Crippen LogP contribution in [0.15, 0.2) is 0 Å². The third-order valence-corrected chi connectivity index (χ3v) is 2.00. The van der Waals surface area contributed by atoms with Gasteiger partial charge in [0.2, 0.25) is 0 Å². The summed E-state index contributed by atoms with van der Waals surface area (Å²) in [5, 5.41) is 0. The van der Waals surface area contributed by atoms with Crippen LogP contribution >= 0.6 is 0 Å². The third kappa shape index (κ3) is 0.764. The van der Waals surface area contributed by atoms with E-state index in [0.717, 1.165) is 13.0 Å². The van der Waals surface area contributed by atoms with Crippen LogP contribution in [0.5, 0.6) is 0 Å². The lowest BCUT2D eigenvalue weighted by molar-refractivity contribution is 0.0709. The fraction of sp³-hybridized carbons (Fsp3) is 1.00. The third-order valence-electron chi connectivity index (χ3n) is 2.00. The molecule has 0 aromatic heterocycles. The molecule has 0 aliphatic carbocycles. The summed E-state index contributed by atoms with van der Waals surface area (Å²) in [5.74, 6) is 0. The van der Waals surface area contributed by atoms with Crippen LogP contribution < -0.4 is 5.73 Å². The van der Waals surface area contributed by atoms with Gasteiger partial charge >= 0.3 is 0 Å². The van der Waals surface area contributed by atoms with E-state index in [2.05, 4.69) is 0 Å². The molecule has 2 fully saturated rings. The molecule has 2 heterocycles. The van der Waals surface area contributed by atoms with Gasteiger partial charge in [0.1, 0.15) is 6.10 Å². The first-order valence-corrected chi connectivity index (χ1v) is 3.37. The van der Waals surface area contributed by atoms with Crippen LogP contribution in [0.1, 0.15) is 6.42 Å². The van der Waals surface area contributed by atoms with Gasteiger partial charge in [-0.2, -0.15) is 0 Å². The van der Waals surface area contributed by atoms with Gasteiger partial charge in [0.25, 0.3) is 0 Å². The Hall–Kier alpha value is -0.120. The van der Waals surface area contributed by atoms with Gasteiger partial charge in [-0.25, -0.2) is 0 Å². The van der Waals surface area contributed by atoms with Crippen molar-refractivity contribution in [1.29, 1.82) is 0 Å². The largest absolute Gasteiger partial charge is 0.374 e. The molecule has 3 atom stereocenters. The number of nitrogens with two attached hydrogens (primary N) is 1. The van der Waals surface area contributed by atoms with Crippen molar-refractivity contribution in [3.8, 4) is 0 Å². The zero-order valence-electron chi connectivity index (χ0n) is 5.25. The molecular formula is C6H11NO2. The first-order chi connectivity index (χ1) is 4.38. The number of rotatable bonds is 0. The minimum atomic E-state index is 0.123. The first kappa shape index (κ1) is 5.65. The van der Waals surface area contributed by atoms with E-state index in [0.29, 0.717) is 12.7 Å². The van der Waals surface area contributed by atoms with E-state index in [-0.39, 0.29) is 12.1 Å². The molecule has 9 heavy (non-hydrogen) atoms. The molecule has 2 saturated heterocycles. The monoisotopic (exact) mass is 129 g/mol. The summed E-state index contributed by atoms with van der Waals surface area (Å²) >= 11 is 0. The van der Waals surface area contributed by atoms with Crippen LogP contribution in [0.4, 0.5) is 0 Å². The van der Waals surface area contributed by atoms with Gasteiger partial charge in [-0.3, -0.25) is 0 Å². The van der Waals surface area contributed by atoms with Crippen molar-refractivity contribution < 1.29 is 9.47 Å². The zero-order valence-corrected chi connectivity index (χ0v) is 5.25. The van der Waals surface area contributed by atoms with E-state index < -0.39 is 0 Å². The molecule has 0 radical (unpaired) electrons. The fourth-order valence-electron chi connectivity index (χ4n) is 1.50. The van der Waals surface area contributed by atoms with Gasteiger partial charge in [-0.05, 0) is 6.42 Å². The van der Waals surface area contributed by atoms with E-state index in [1.165, 1.54) is 0 Å². The Morgan fingerprint density at radius 1 is 1.33 bits per heavy atom. The van der Waals surface area contributed by atoms with Crippen molar-refractivity contribution in [3.63, 3.8) is 0 Å². The summed E-state index contributed by atoms with van der Waals surface area (Å²) in [6.45, 7) is 1.50. The van der Waals surface area contributed by atoms with Crippen molar-refractivity contribution in [2.45, 2.75) is 24.7 Å². The van der Waals surface area contributed by atoms with Gasteiger partial charge in [0.05, 0.1) is 18.8 Å². The summed E-state index contributed by atoms with van der Waals surface area (Å²) in [5.41, 5.74) is 5.67. The Kier molecular flexibility index (Phi) is 1.22. The number of fused-ring (bicyclic) bond motifs is 1. The van der Waals surface area contributed by atoms with Crippen molar-refractivity contribution in [2.24, 2.45) is 5.73 Å². The first-order valence-electron chi connectivity index (χ1n) is 3.37. The Balaban J connectivity index is 2.07. The highest BCUT2D eigenvalue weighted by atomic mass is 16.6. The Morgan fingerprint density at radius 2 is 2.22 bits per heavy atom. The van der Waals surface area contributed by atoms with Crippen LogP contribution in [0.2, 0.25) is 0 Å². The predicted octanol–water partition coefficient (Wildman–Crippen LogP) is -0.499. The molecule has 3 heteroatoms. The SMILES string of the molecule is N[C@@H]1COC2CCO[C@@H]21. The van der Waals surface area contributed by atoms with E-state index in [1.54, 1.807) is 0 Å². The van der Waals surface area contributed by atoms with Crippen LogP contribution in [0, 0.1) is 0 Å². The highest BCUT2D eigenvalue weighted by molar-refractivity contribution is 4.90. The minimum absolute atomic E-state index is 0.123. The quantitative estimate of drug-likeness (QED) is 0.479. The molecule has 0 amide bonds. The Morgan fingerprint density at radius 3 is 3.00 bits per heavy atom. The molecule has 3 nitrogen and oxygen atoms in total. The predicted molar refractivity (Wildman–Crippen MR) is 32.1 cm³/mol. The summed E-state index contributed by atoms with van der Waals surface area (Å²) in [4.78, 5) is 0. The lowest BCUT2D eigenvalue weighted by Gasteiger charge is -2.09. The van der Waals surface area contributed by atoms with Crippen molar-refractivity contribution >= 4 is 0 Å². The maximum Gasteiger partial charge on any atom is 0.101 e. The summed E-state index contributed by atoms with van der Waals surface area (Å²) in [6, 6.07) is 0.123. The smallest absolute Gasteiger partial charge is 0.101 e. The molecule has 0 spiro atoms. The molecule has 2 N–H and O–H groups in total. The fourth-order valence-corrected chi connectivity index (χ4v) is 1.50. The molecule has 2 rings (SSSR count). The topological polar surface area (TPSA) is 44.5 Å². The molecule has 2 aliphatic rings. The van der Waals surface area contributed by atoms with Crippen molar-refractivity contribution in [2.75, 3.05) is 13.2 Å². The number of hydrogen-bond donors (Lipinski definition) is 1. The normalized spacial score (nSPS) is 49.7. The van der Waals surface area contributed by atoms with E-state index in [9.17, 15) is 0 Å². The molecule has 0 aromatic carbocycles. The molecule has 2 aliphatic heterocycles. The van der Waals surface area contributed by atoms with Crippen molar-refractivity contribution in [1.82, 2.24) is 0 Å². The van der Waals surface area contributed by atoms with E-state index in [1.807, 2.05) is 0 Å². The lowest BCUT2D eigenvalue weighted by atomic mass is 10.1. The highest BCUT2D eigenvalue weighted by Crippen LogP contribution is 2.24. The maximum absolute atomic E-state index is 5.67. The van der Waals surface area contributed by atoms with E-state index >= 15 is 0 Å². The Bertz CT molecular complexity index is 118. The molecule has 0 bridgehead atoms. The second-order valence-electron chi connectivity index (χ2n) is 2.66. The summed E-state index contributed by atoms with van der Waals surface area (Å²) < 4.78 is 10.7. The van der Waals surface area contributed by atoms with Gasteiger partial charge in [-0.1, -0.05) is 0 Å². The molecule has 52 valence electrons. The molecular weight excluding hydrogens is 118 g/mol. The number of hydrogen-bond acceptors (Lipinski definition) is 3. The van der Waals surface area contributed by atoms with E-state index in [4.69, 9.17) is 15.2 Å². The maximum atomic E-state index is 5.67. The van der Waals surface area contributed by atoms with Crippen LogP contribution in [0.3, 0.4) is 0 Å². The zero-order chi connectivity index (χ0) is 6.27. The molecule has 0 saturated carbocycles. The average molecular weight is 129 g/mol. The lowest BCUT2D eigenvalue weighted by Crippen LogP contribution is -2.34. The summed E-state index contributed by atoms with van der Waals surface area (Å²) in [6.07, 6.45) is 1.53. The number of ether oxygens (including phenoxy) is 2. The van der Waals surface area contributed by atoms with Crippen LogP contribution in [-0.2, 0) is 9.47 Å². The van der Waals surface area contributed by atoms with Crippen LogP contribution in [-0.4, -0.2) is 31.5 Å². The standard InChI is InChI=1S/C6H11NO2/c7-4-3-9-5-1-2-8-6(4)5/h4-6H,1-3,7H2/t4-,5?,6-/m1/s1. The highest BCUT2D eigenvalue weighted by Gasteiger charge is 2.39. The van der Waals surface area contributed by atoms with Crippen LogP contribution in [0.25, 0.3) is 0 Å². The second-order valence-corrected chi connectivity index (χ2v) is 2.66. The van der Waals surface area contributed by atoms with Gasteiger partial charge in [-0.15, -0.1) is 0 Å². The molecule has 0 aromatic rings. The van der Waals surface area contributed by atoms with Gasteiger partial charge in [0, 0.05) is 6.61 Å². The van der Waals surface area contributed by atoms with Gasteiger partial charge < -0.3 is 15.2 Å². The average Bonchev–Trinajstić information content (AvgIpc) is 2.35. The Labute approximate surface area is 54.1 Å². The van der Waals surface area contributed by atoms with Crippen molar-refractivity contribution in [3.05, 3.63) is 0 Å². The van der Waals surface area contributed by atoms with Gasteiger partial charge in [0.15, 0.2) is 0 Å².